The molecule has 18 heavy (non-hydrogen) atoms. The summed E-state index contributed by atoms with van der Waals surface area (Å²) < 4.78 is 0. The standard InChI is InChI=1S/C14H11NO3/c15-14(18)6-5-10-11(7-14)13(17)9-4-2-1-3-8(9)12(10)16/h1-6,18H,7,15H2. The van der Waals surface area contributed by atoms with Crippen LogP contribution in [0.3, 0.4) is 0 Å². The SMILES string of the molecule is NC1(O)C=CC2=C(C1)C(=O)c1ccccc1C2=O. The number of rotatable bonds is 0. The Kier molecular flexibility index (Phi) is 2.14. The lowest BCUT2D eigenvalue weighted by molar-refractivity contribution is 0.0841. The van der Waals surface area contributed by atoms with Crippen LogP contribution in [0.5, 0.6) is 0 Å². The van der Waals surface area contributed by atoms with Gasteiger partial charge in [0.05, 0.1) is 0 Å². The highest BCUT2D eigenvalue weighted by Gasteiger charge is 2.36. The predicted octanol–water partition coefficient (Wildman–Crippen LogP) is 0.969. The van der Waals surface area contributed by atoms with Crippen molar-refractivity contribution in [2.45, 2.75) is 12.1 Å². The van der Waals surface area contributed by atoms with E-state index in [0.717, 1.165) is 0 Å². The molecule has 0 aliphatic heterocycles. The first-order valence-corrected chi connectivity index (χ1v) is 5.62. The van der Waals surface area contributed by atoms with E-state index < -0.39 is 5.72 Å². The predicted molar refractivity (Wildman–Crippen MR) is 65.0 cm³/mol. The second-order valence-electron chi connectivity index (χ2n) is 4.60. The van der Waals surface area contributed by atoms with E-state index in [2.05, 4.69) is 0 Å². The number of benzene rings is 1. The van der Waals surface area contributed by atoms with Gasteiger partial charge in [-0.1, -0.05) is 30.3 Å². The molecule has 1 atom stereocenters. The molecule has 0 bridgehead atoms. The maximum Gasteiger partial charge on any atom is 0.194 e. The van der Waals surface area contributed by atoms with Gasteiger partial charge in [-0.3, -0.25) is 9.59 Å². The number of Topliss-reactive ketones (excluding diaryl/α,β-unsaturated/α-hetero) is 2. The fourth-order valence-corrected chi connectivity index (χ4v) is 2.37. The zero-order valence-electron chi connectivity index (χ0n) is 9.51. The summed E-state index contributed by atoms with van der Waals surface area (Å²) in [5.41, 5.74) is 5.46. The molecule has 3 rings (SSSR count). The molecule has 0 heterocycles. The summed E-state index contributed by atoms with van der Waals surface area (Å²) >= 11 is 0. The summed E-state index contributed by atoms with van der Waals surface area (Å²) in [6.07, 6.45) is 2.76. The summed E-state index contributed by atoms with van der Waals surface area (Å²) in [7, 11) is 0. The normalized spacial score (nSPS) is 26.1. The van der Waals surface area contributed by atoms with E-state index in [1.54, 1.807) is 24.3 Å². The minimum absolute atomic E-state index is 0.0300. The van der Waals surface area contributed by atoms with Crippen LogP contribution in [-0.4, -0.2) is 22.4 Å². The van der Waals surface area contributed by atoms with Crippen molar-refractivity contribution in [3.63, 3.8) is 0 Å². The molecule has 0 amide bonds. The highest BCUT2D eigenvalue weighted by atomic mass is 16.3. The highest BCUT2D eigenvalue weighted by molar-refractivity contribution is 6.28. The molecular formula is C14H11NO3. The molecule has 1 aromatic carbocycles. The van der Waals surface area contributed by atoms with Gasteiger partial charge in [0.2, 0.25) is 0 Å². The zero-order valence-corrected chi connectivity index (χ0v) is 9.51. The Morgan fingerprint density at radius 2 is 1.72 bits per heavy atom. The Morgan fingerprint density at radius 3 is 2.39 bits per heavy atom. The van der Waals surface area contributed by atoms with E-state index >= 15 is 0 Å². The third-order valence-corrected chi connectivity index (χ3v) is 3.26. The topological polar surface area (TPSA) is 80.4 Å². The molecule has 1 unspecified atom stereocenters. The van der Waals surface area contributed by atoms with Gasteiger partial charge in [0.25, 0.3) is 0 Å². The molecular weight excluding hydrogens is 230 g/mol. The third-order valence-electron chi connectivity index (χ3n) is 3.26. The molecule has 3 N–H and O–H groups in total. The van der Waals surface area contributed by atoms with Crippen LogP contribution in [0.15, 0.2) is 47.6 Å². The monoisotopic (exact) mass is 241 g/mol. The Bertz CT molecular complexity index is 638. The average Bonchev–Trinajstić information content (AvgIpc) is 2.35. The lowest BCUT2D eigenvalue weighted by Crippen LogP contribution is -2.41. The zero-order chi connectivity index (χ0) is 12.9. The molecule has 0 fully saturated rings. The highest BCUT2D eigenvalue weighted by Crippen LogP contribution is 2.33. The van der Waals surface area contributed by atoms with Crippen LogP contribution in [0.25, 0.3) is 0 Å². The number of carbonyl (C=O) groups excluding carboxylic acids is 2. The minimum Gasteiger partial charge on any atom is -0.372 e. The van der Waals surface area contributed by atoms with Gasteiger partial charge in [0.1, 0.15) is 5.72 Å². The van der Waals surface area contributed by atoms with Crippen molar-refractivity contribution in [2.75, 3.05) is 0 Å². The van der Waals surface area contributed by atoms with Gasteiger partial charge < -0.3 is 10.8 Å². The van der Waals surface area contributed by atoms with Crippen LogP contribution >= 0.6 is 0 Å². The van der Waals surface area contributed by atoms with E-state index in [1.807, 2.05) is 0 Å². The fraction of sp³-hybridized carbons (Fsp3) is 0.143. The van der Waals surface area contributed by atoms with E-state index in [9.17, 15) is 14.7 Å². The summed E-state index contributed by atoms with van der Waals surface area (Å²) in [5, 5.41) is 9.76. The minimum atomic E-state index is -1.55. The van der Waals surface area contributed by atoms with Crippen molar-refractivity contribution < 1.29 is 14.7 Å². The maximum atomic E-state index is 12.3. The Labute approximate surface area is 103 Å². The van der Waals surface area contributed by atoms with Crippen molar-refractivity contribution in [1.29, 1.82) is 0 Å². The largest absolute Gasteiger partial charge is 0.372 e. The maximum absolute atomic E-state index is 12.3. The van der Waals surface area contributed by atoms with Gasteiger partial charge in [-0.05, 0) is 6.08 Å². The summed E-state index contributed by atoms with van der Waals surface area (Å²) in [6, 6.07) is 6.69. The number of carbonyl (C=O) groups is 2. The first kappa shape index (κ1) is 11.1. The van der Waals surface area contributed by atoms with Gasteiger partial charge in [-0.15, -0.1) is 0 Å². The second-order valence-corrected chi connectivity index (χ2v) is 4.60. The Morgan fingerprint density at radius 1 is 1.11 bits per heavy atom. The molecule has 4 heteroatoms. The molecule has 2 aliphatic rings. The van der Waals surface area contributed by atoms with Gasteiger partial charge in [0.15, 0.2) is 11.6 Å². The molecule has 90 valence electrons. The van der Waals surface area contributed by atoms with Crippen molar-refractivity contribution in [2.24, 2.45) is 5.73 Å². The van der Waals surface area contributed by atoms with Crippen molar-refractivity contribution in [3.05, 3.63) is 58.7 Å². The second kappa shape index (κ2) is 3.48. The summed E-state index contributed by atoms with van der Waals surface area (Å²) in [4.78, 5) is 24.5. The molecule has 1 aromatic rings. The number of nitrogens with two attached hydrogens (primary N) is 1. The molecule has 0 saturated carbocycles. The van der Waals surface area contributed by atoms with Crippen molar-refractivity contribution >= 4 is 11.6 Å². The van der Waals surface area contributed by atoms with E-state index in [1.165, 1.54) is 12.2 Å². The van der Waals surface area contributed by atoms with E-state index in [0.29, 0.717) is 22.3 Å². The smallest absolute Gasteiger partial charge is 0.194 e. The van der Waals surface area contributed by atoms with E-state index in [-0.39, 0.29) is 18.0 Å². The molecule has 0 radical (unpaired) electrons. The fourth-order valence-electron chi connectivity index (χ4n) is 2.37. The van der Waals surface area contributed by atoms with Gasteiger partial charge >= 0.3 is 0 Å². The lowest BCUT2D eigenvalue weighted by atomic mass is 9.78. The first-order chi connectivity index (χ1) is 8.49. The van der Waals surface area contributed by atoms with Crippen LogP contribution in [0.1, 0.15) is 27.1 Å². The van der Waals surface area contributed by atoms with Gasteiger partial charge in [0, 0.05) is 28.7 Å². The molecule has 2 aliphatic carbocycles. The number of ketones is 2. The Balaban J connectivity index is 2.20. The summed E-state index contributed by atoms with van der Waals surface area (Å²) in [6.45, 7) is 0. The van der Waals surface area contributed by atoms with E-state index in [4.69, 9.17) is 5.73 Å². The van der Waals surface area contributed by atoms with Crippen LogP contribution in [0.2, 0.25) is 0 Å². The summed E-state index contributed by atoms with van der Waals surface area (Å²) in [5.74, 6) is -0.416. The van der Waals surface area contributed by atoms with Crippen LogP contribution in [0.4, 0.5) is 0 Å². The molecule has 0 saturated heterocycles. The average molecular weight is 241 g/mol. The van der Waals surface area contributed by atoms with Gasteiger partial charge in [-0.2, -0.15) is 0 Å². The number of aliphatic hydroxyl groups is 1. The number of allylic oxidation sites excluding steroid dienone is 2. The van der Waals surface area contributed by atoms with Crippen molar-refractivity contribution in [1.82, 2.24) is 0 Å². The Hall–Kier alpha value is -2.04. The number of fused-ring (bicyclic) bond motifs is 1. The third kappa shape index (κ3) is 1.47. The number of hydrogen-bond acceptors (Lipinski definition) is 4. The van der Waals surface area contributed by atoms with Crippen LogP contribution < -0.4 is 5.73 Å². The van der Waals surface area contributed by atoms with Crippen LogP contribution in [0, 0.1) is 0 Å². The lowest BCUT2D eigenvalue weighted by Gasteiger charge is -2.28. The van der Waals surface area contributed by atoms with Gasteiger partial charge in [-0.25, -0.2) is 0 Å². The molecule has 4 nitrogen and oxygen atoms in total. The first-order valence-electron chi connectivity index (χ1n) is 5.62. The quantitative estimate of drug-likeness (QED) is 0.663. The number of hydrogen-bond donors (Lipinski definition) is 2. The molecule has 0 spiro atoms. The van der Waals surface area contributed by atoms with Crippen molar-refractivity contribution in [3.8, 4) is 0 Å². The van der Waals surface area contributed by atoms with Crippen LogP contribution in [-0.2, 0) is 0 Å². The molecule has 0 aromatic heterocycles.